The number of piperidine rings is 1. The lowest BCUT2D eigenvalue weighted by atomic mass is 10.0. The number of hydrogen-bond donors (Lipinski definition) is 1. The van der Waals surface area contributed by atoms with Crippen LogP contribution in [-0.4, -0.2) is 40.8 Å². The average Bonchev–Trinajstić information content (AvgIpc) is 3.23. The standard InChI is InChI=1S/C24H20ClN3O3/c25-22-18-9-3-1-6-15(18)12-19(27-22)24(30)28-11-5-8-17(14-28)26-23(29)21-13-16-7-2-4-10-20(16)31-21/h1-4,6-7,9-10,12-13,17H,5,8,11,14H2,(H,26,29). The molecule has 5 rings (SSSR count). The van der Waals surface area contributed by atoms with Gasteiger partial charge in [-0.25, -0.2) is 4.98 Å². The molecule has 0 bridgehead atoms. The number of hydrogen-bond acceptors (Lipinski definition) is 4. The number of benzene rings is 2. The number of halogens is 1. The zero-order valence-corrected chi connectivity index (χ0v) is 17.4. The van der Waals surface area contributed by atoms with Crippen LogP contribution in [0.4, 0.5) is 0 Å². The molecule has 1 saturated heterocycles. The second-order valence-electron chi connectivity index (χ2n) is 7.73. The first-order valence-electron chi connectivity index (χ1n) is 10.2. The highest BCUT2D eigenvalue weighted by molar-refractivity contribution is 6.34. The molecule has 6 nitrogen and oxygen atoms in total. The summed E-state index contributed by atoms with van der Waals surface area (Å²) in [5.41, 5.74) is 0.986. The molecule has 156 valence electrons. The van der Waals surface area contributed by atoms with Gasteiger partial charge in [0.25, 0.3) is 11.8 Å². The van der Waals surface area contributed by atoms with Crippen molar-refractivity contribution in [3.63, 3.8) is 0 Å². The Kier molecular flexibility index (Phi) is 5.08. The van der Waals surface area contributed by atoms with Crippen molar-refractivity contribution in [2.75, 3.05) is 13.1 Å². The molecule has 0 saturated carbocycles. The Labute approximate surface area is 183 Å². The van der Waals surface area contributed by atoms with Gasteiger partial charge in [0.05, 0.1) is 0 Å². The highest BCUT2D eigenvalue weighted by atomic mass is 35.5. The van der Waals surface area contributed by atoms with Crippen LogP contribution >= 0.6 is 11.6 Å². The van der Waals surface area contributed by atoms with Gasteiger partial charge in [-0.1, -0.05) is 54.1 Å². The normalized spacial score (nSPS) is 16.5. The third-order valence-corrected chi connectivity index (χ3v) is 5.89. The lowest BCUT2D eigenvalue weighted by Gasteiger charge is -2.32. The van der Waals surface area contributed by atoms with Gasteiger partial charge < -0.3 is 14.6 Å². The van der Waals surface area contributed by atoms with E-state index in [0.717, 1.165) is 29.0 Å². The van der Waals surface area contributed by atoms with Crippen molar-refractivity contribution in [2.24, 2.45) is 0 Å². The van der Waals surface area contributed by atoms with Gasteiger partial charge in [0.2, 0.25) is 0 Å². The zero-order chi connectivity index (χ0) is 21.4. The smallest absolute Gasteiger partial charge is 0.287 e. The number of nitrogens with one attached hydrogen (secondary N) is 1. The van der Waals surface area contributed by atoms with Crippen molar-refractivity contribution in [3.8, 4) is 0 Å². The molecule has 2 aromatic carbocycles. The van der Waals surface area contributed by atoms with Crippen LogP contribution in [0, 0.1) is 0 Å². The number of carbonyl (C=O) groups excluding carboxylic acids is 2. The second kappa shape index (κ2) is 8.04. The zero-order valence-electron chi connectivity index (χ0n) is 16.7. The molecule has 4 aromatic rings. The number of carbonyl (C=O) groups is 2. The molecule has 1 aliphatic heterocycles. The van der Waals surface area contributed by atoms with Gasteiger partial charge in [-0.2, -0.15) is 0 Å². The summed E-state index contributed by atoms with van der Waals surface area (Å²) in [6, 6.07) is 18.4. The first kappa shape index (κ1) is 19.6. The molecule has 1 atom stereocenters. The van der Waals surface area contributed by atoms with Gasteiger partial charge in [-0.15, -0.1) is 0 Å². The number of nitrogens with zero attached hydrogens (tertiary/aromatic N) is 2. The molecule has 2 amide bonds. The first-order valence-corrected chi connectivity index (χ1v) is 10.6. The summed E-state index contributed by atoms with van der Waals surface area (Å²) >= 11 is 6.29. The molecule has 31 heavy (non-hydrogen) atoms. The number of likely N-dealkylation sites (tertiary alicyclic amines) is 1. The Morgan fingerprint density at radius 1 is 1.06 bits per heavy atom. The minimum absolute atomic E-state index is 0.158. The molecular weight excluding hydrogens is 414 g/mol. The third kappa shape index (κ3) is 3.86. The summed E-state index contributed by atoms with van der Waals surface area (Å²) < 4.78 is 5.65. The van der Waals surface area contributed by atoms with Crippen molar-refractivity contribution in [3.05, 3.63) is 77.3 Å². The summed E-state index contributed by atoms with van der Waals surface area (Å²) in [5, 5.41) is 5.88. The molecule has 3 heterocycles. The van der Waals surface area contributed by atoms with Crippen molar-refractivity contribution < 1.29 is 14.0 Å². The summed E-state index contributed by atoms with van der Waals surface area (Å²) in [5.74, 6) is -0.189. The van der Waals surface area contributed by atoms with Gasteiger partial charge >= 0.3 is 0 Å². The van der Waals surface area contributed by atoms with Crippen molar-refractivity contribution in [1.29, 1.82) is 0 Å². The van der Waals surface area contributed by atoms with E-state index in [1.54, 1.807) is 17.0 Å². The summed E-state index contributed by atoms with van der Waals surface area (Å²) in [6.45, 7) is 1.03. The van der Waals surface area contributed by atoms with E-state index in [9.17, 15) is 9.59 Å². The maximum absolute atomic E-state index is 13.1. The summed E-state index contributed by atoms with van der Waals surface area (Å²) in [6.07, 6.45) is 1.58. The van der Waals surface area contributed by atoms with Gasteiger partial charge in [0, 0.05) is 29.9 Å². The summed E-state index contributed by atoms with van der Waals surface area (Å²) in [4.78, 5) is 31.8. The predicted octanol–water partition coefficient (Wildman–Crippen LogP) is 4.67. The molecule has 1 unspecified atom stereocenters. The minimum atomic E-state index is -0.276. The van der Waals surface area contributed by atoms with Crippen molar-refractivity contribution in [2.45, 2.75) is 18.9 Å². The number of pyridine rings is 1. The Morgan fingerprint density at radius 3 is 2.68 bits per heavy atom. The van der Waals surface area contributed by atoms with E-state index in [4.69, 9.17) is 16.0 Å². The number of amides is 2. The second-order valence-corrected chi connectivity index (χ2v) is 8.09. The topological polar surface area (TPSA) is 75.4 Å². The van der Waals surface area contributed by atoms with Crippen LogP contribution in [0.15, 0.2) is 65.1 Å². The van der Waals surface area contributed by atoms with Gasteiger partial charge in [-0.05, 0) is 36.4 Å². The van der Waals surface area contributed by atoms with E-state index in [-0.39, 0.29) is 23.6 Å². The van der Waals surface area contributed by atoms with Crippen LogP contribution in [0.1, 0.15) is 33.9 Å². The Morgan fingerprint density at radius 2 is 1.84 bits per heavy atom. The van der Waals surface area contributed by atoms with Crippen LogP contribution in [-0.2, 0) is 0 Å². The number of para-hydroxylation sites is 1. The maximum atomic E-state index is 13.1. The fraction of sp³-hybridized carbons (Fsp3) is 0.208. The van der Waals surface area contributed by atoms with Crippen molar-refractivity contribution in [1.82, 2.24) is 15.2 Å². The number of aromatic nitrogens is 1. The fourth-order valence-corrected chi connectivity index (χ4v) is 4.32. The van der Waals surface area contributed by atoms with Crippen LogP contribution in [0.25, 0.3) is 21.7 Å². The van der Waals surface area contributed by atoms with Gasteiger partial charge in [0.15, 0.2) is 5.76 Å². The minimum Gasteiger partial charge on any atom is -0.451 e. The molecule has 1 aliphatic rings. The van der Waals surface area contributed by atoms with Crippen molar-refractivity contribution >= 4 is 45.2 Å². The average molecular weight is 434 g/mol. The van der Waals surface area contributed by atoms with E-state index in [1.165, 1.54) is 0 Å². The number of fused-ring (bicyclic) bond motifs is 2. The van der Waals surface area contributed by atoms with Crippen LogP contribution in [0.5, 0.6) is 0 Å². The maximum Gasteiger partial charge on any atom is 0.287 e. The predicted molar refractivity (Wildman–Crippen MR) is 119 cm³/mol. The van der Waals surface area contributed by atoms with Crippen LogP contribution in [0.2, 0.25) is 5.15 Å². The molecule has 7 heteroatoms. The molecule has 0 spiro atoms. The molecule has 0 radical (unpaired) electrons. The number of rotatable bonds is 3. The highest BCUT2D eigenvalue weighted by Crippen LogP contribution is 2.24. The monoisotopic (exact) mass is 433 g/mol. The van der Waals surface area contributed by atoms with E-state index in [2.05, 4.69) is 10.3 Å². The molecule has 1 fully saturated rings. The Balaban J connectivity index is 1.30. The van der Waals surface area contributed by atoms with Gasteiger partial charge in [-0.3, -0.25) is 9.59 Å². The Hall–Kier alpha value is -3.38. The lowest BCUT2D eigenvalue weighted by Crippen LogP contribution is -2.49. The fourth-order valence-electron chi connectivity index (χ4n) is 4.06. The van der Waals surface area contributed by atoms with E-state index in [1.807, 2.05) is 48.5 Å². The lowest BCUT2D eigenvalue weighted by molar-refractivity contribution is 0.0667. The SMILES string of the molecule is O=C(NC1CCCN(C(=O)c2cc3ccccc3c(Cl)n2)C1)c1cc2ccccc2o1. The molecule has 1 N–H and O–H groups in total. The van der Waals surface area contributed by atoms with E-state index in [0.29, 0.717) is 29.5 Å². The van der Waals surface area contributed by atoms with Crippen LogP contribution < -0.4 is 5.32 Å². The Bertz CT molecular complexity index is 1270. The molecule has 2 aromatic heterocycles. The molecular formula is C24H20ClN3O3. The quantitative estimate of drug-likeness (QED) is 0.476. The first-order chi connectivity index (χ1) is 15.1. The third-order valence-electron chi connectivity index (χ3n) is 5.61. The number of furan rings is 1. The summed E-state index contributed by atoms with van der Waals surface area (Å²) in [7, 11) is 0. The van der Waals surface area contributed by atoms with E-state index >= 15 is 0 Å². The highest BCUT2D eigenvalue weighted by Gasteiger charge is 2.27. The van der Waals surface area contributed by atoms with Gasteiger partial charge in [0.1, 0.15) is 16.4 Å². The largest absolute Gasteiger partial charge is 0.451 e. The molecule has 0 aliphatic carbocycles. The van der Waals surface area contributed by atoms with E-state index < -0.39 is 0 Å². The van der Waals surface area contributed by atoms with Crippen LogP contribution in [0.3, 0.4) is 0 Å².